The Balaban J connectivity index is 1.88. The first kappa shape index (κ1) is 25.9. The van der Waals surface area contributed by atoms with Gasteiger partial charge in [-0.05, 0) is 65.8 Å². The number of amides is 2. The molecule has 2 aromatic heterocycles. The SMILES string of the molecule is CC(C)(C)OC(=O)Nc1cncc(-c2ncc(N(C(=O)OC(C)(C)C)c3cccc(Cl)c3)cn2)c1. The topological polar surface area (TPSA) is 107 Å². The first-order valence-electron chi connectivity index (χ1n) is 10.9. The van der Waals surface area contributed by atoms with E-state index >= 15 is 0 Å². The molecule has 184 valence electrons. The smallest absolute Gasteiger partial charge is 0.419 e. The van der Waals surface area contributed by atoms with Crippen molar-refractivity contribution < 1.29 is 19.1 Å². The highest BCUT2D eigenvalue weighted by atomic mass is 35.5. The largest absolute Gasteiger partial charge is 0.444 e. The normalized spacial score (nSPS) is 11.5. The Bertz CT molecular complexity index is 1200. The van der Waals surface area contributed by atoms with Crippen LogP contribution in [0, 0.1) is 0 Å². The molecule has 0 unspecified atom stereocenters. The fourth-order valence-corrected chi connectivity index (χ4v) is 3.11. The Morgan fingerprint density at radius 2 is 1.54 bits per heavy atom. The maximum atomic E-state index is 13.0. The number of nitrogens with zero attached hydrogens (tertiary/aromatic N) is 4. The van der Waals surface area contributed by atoms with E-state index in [4.69, 9.17) is 21.1 Å². The summed E-state index contributed by atoms with van der Waals surface area (Å²) in [6.07, 6.45) is 4.87. The van der Waals surface area contributed by atoms with Gasteiger partial charge < -0.3 is 9.47 Å². The summed E-state index contributed by atoms with van der Waals surface area (Å²) < 4.78 is 10.8. The van der Waals surface area contributed by atoms with Crippen molar-refractivity contribution in [3.63, 3.8) is 0 Å². The van der Waals surface area contributed by atoms with Crippen LogP contribution >= 0.6 is 11.6 Å². The molecule has 0 radical (unpaired) electrons. The quantitative estimate of drug-likeness (QED) is 0.432. The van der Waals surface area contributed by atoms with Gasteiger partial charge in [0.2, 0.25) is 0 Å². The fraction of sp³-hybridized carbons (Fsp3) is 0.320. The van der Waals surface area contributed by atoms with Gasteiger partial charge in [-0.1, -0.05) is 17.7 Å². The summed E-state index contributed by atoms with van der Waals surface area (Å²) in [5, 5.41) is 3.11. The Kier molecular flexibility index (Phi) is 7.60. The first-order valence-corrected chi connectivity index (χ1v) is 11.2. The Labute approximate surface area is 209 Å². The molecule has 0 bridgehead atoms. The van der Waals surface area contributed by atoms with Crippen LogP contribution in [0.4, 0.5) is 26.7 Å². The minimum Gasteiger partial charge on any atom is -0.444 e. The number of rotatable bonds is 4. The zero-order chi connectivity index (χ0) is 25.8. The van der Waals surface area contributed by atoms with Gasteiger partial charge in [-0.3, -0.25) is 10.3 Å². The number of carbonyl (C=O) groups excluding carboxylic acids is 2. The zero-order valence-corrected chi connectivity index (χ0v) is 21.3. The molecule has 0 fully saturated rings. The molecule has 2 amide bonds. The molecular weight excluding hydrogens is 470 g/mol. The minimum absolute atomic E-state index is 0.351. The molecule has 0 saturated heterocycles. The maximum absolute atomic E-state index is 13.0. The molecule has 2 heterocycles. The molecule has 0 atom stereocenters. The summed E-state index contributed by atoms with van der Waals surface area (Å²) in [4.78, 5) is 39.4. The van der Waals surface area contributed by atoms with E-state index in [1.54, 1.807) is 78.1 Å². The molecule has 1 aromatic carbocycles. The number of anilines is 3. The van der Waals surface area contributed by atoms with E-state index in [1.807, 2.05) is 0 Å². The van der Waals surface area contributed by atoms with Crippen molar-refractivity contribution in [2.75, 3.05) is 10.2 Å². The molecule has 35 heavy (non-hydrogen) atoms. The predicted molar refractivity (Wildman–Crippen MR) is 135 cm³/mol. The summed E-state index contributed by atoms with van der Waals surface area (Å²) in [6, 6.07) is 8.51. The molecule has 10 heteroatoms. The molecule has 0 spiro atoms. The number of hydrogen-bond acceptors (Lipinski definition) is 7. The summed E-state index contributed by atoms with van der Waals surface area (Å²) >= 11 is 6.15. The highest BCUT2D eigenvalue weighted by Gasteiger charge is 2.26. The standard InChI is InChI=1S/C25H28ClN5O4/c1-24(2,3)34-22(32)30-18-10-16(12-27-13-18)21-28-14-20(15-29-21)31(23(33)35-25(4,5)6)19-9-7-8-17(26)11-19/h7-15H,1-6H3,(H,30,32). The molecule has 3 rings (SSSR count). The van der Waals surface area contributed by atoms with Crippen LogP contribution in [0.2, 0.25) is 5.02 Å². The first-order chi connectivity index (χ1) is 16.3. The molecule has 0 saturated carbocycles. The minimum atomic E-state index is -0.706. The lowest BCUT2D eigenvalue weighted by molar-refractivity contribution is 0.0596. The predicted octanol–water partition coefficient (Wildman–Crippen LogP) is 6.61. The third-order valence-electron chi connectivity index (χ3n) is 4.18. The monoisotopic (exact) mass is 497 g/mol. The van der Waals surface area contributed by atoms with Crippen LogP contribution in [0.1, 0.15) is 41.5 Å². The van der Waals surface area contributed by atoms with Gasteiger partial charge in [-0.25, -0.2) is 24.5 Å². The van der Waals surface area contributed by atoms with Crippen LogP contribution in [0.3, 0.4) is 0 Å². The molecule has 3 aromatic rings. The third-order valence-corrected chi connectivity index (χ3v) is 4.42. The second kappa shape index (κ2) is 10.3. The second-order valence-electron chi connectivity index (χ2n) is 9.65. The Morgan fingerprint density at radius 1 is 0.886 bits per heavy atom. The average Bonchev–Trinajstić information content (AvgIpc) is 2.72. The number of aromatic nitrogens is 3. The molecule has 9 nitrogen and oxygen atoms in total. The van der Waals surface area contributed by atoms with Crippen molar-refractivity contribution in [1.29, 1.82) is 0 Å². The number of hydrogen-bond donors (Lipinski definition) is 1. The lowest BCUT2D eigenvalue weighted by Crippen LogP contribution is -2.34. The van der Waals surface area contributed by atoms with Gasteiger partial charge in [0.25, 0.3) is 0 Å². The van der Waals surface area contributed by atoms with Gasteiger partial charge in [-0.15, -0.1) is 0 Å². The molecule has 1 N–H and O–H groups in total. The van der Waals surface area contributed by atoms with E-state index in [2.05, 4.69) is 20.3 Å². The van der Waals surface area contributed by atoms with Crippen molar-refractivity contribution >= 4 is 40.8 Å². The Morgan fingerprint density at radius 3 is 2.14 bits per heavy atom. The Hall–Kier alpha value is -3.72. The number of pyridine rings is 1. The summed E-state index contributed by atoms with van der Waals surface area (Å²) in [5.41, 5.74) is 0.559. The van der Waals surface area contributed by atoms with Crippen molar-refractivity contribution in [3.05, 3.63) is 60.1 Å². The lowest BCUT2D eigenvalue weighted by atomic mass is 10.2. The highest BCUT2D eigenvalue weighted by Crippen LogP contribution is 2.30. The van der Waals surface area contributed by atoms with Gasteiger partial charge in [0, 0.05) is 16.8 Å². The van der Waals surface area contributed by atoms with Crippen LogP contribution in [0.25, 0.3) is 11.4 Å². The average molecular weight is 498 g/mol. The van der Waals surface area contributed by atoms with E-state index in [0.29, 0.717) is 33.5 Å². The van der Waals surface area contributed by atoms with Gasteiger partial charge in [0.05, 0.1) is 35.7 Å². The zero-order valence-electron chi connectivity index (χ0n) is 20.5. The molecule has 0 aliphatic heterocycles. The van der Waals surface area contributed by atoms with Crippen molar-refractivity contribution in [2.24, 2.45) is 0 Å². The van der Waals surface area contributed by atoms with E-state index in [-0.39, 0.29) is 0 Å². The number of ether oxygens (including phenoxy) is 2. The number of carbonyl (C=O) groups is 2. The van der Waals surface area contributed by atoms with Gasteiger partial charge in [-0.2, -0.15) is 0 Å². The van der Waals surface area contributed by atoms with E-state index in [9.17, 15) is 9.59 Å². The van der Waals surface area contributed by atoms with Crippen LogP contribution in [-0.2, 0) is 9.47 Å². The molecule has 0 aliphatic rings. The second-order valence-corrected chi connectivity index (χ2v) is 10.1. The number of halogens is 1. The van der Waals surface area contributed by atoms with Crippen molar-refractivity contribution in [1.82, 2.24) is 15.0 Å². The molecular formula is C25H28ClN5O4. The van der Waals surface area contributed by atoms with E-state index < -0.39 is 23.4 Å². The van der Waals surface area contributed by atoms with Gasteiger partial charge in [0.15, 0.2) is 5.82 Å². The van der Waals surface area contributed by atoms with E-state index in [0.717, 1.165) is 0 Å². The van der Waals surface area contributed by atoms with E-state index in [1.165, 1.54) is 23.5 Å². The number of benzene rings is 1. The van der Waals surface area contributed by atoms with Gasteiger partial charge in [0.1, 0.15) is 11.2 Å². The maximum Gasteiger partial charge on any atom is 0.419 e. The number of nitrogens with one attached hydrogen (secondary N) is 1. The van der Waals surface area contributed by atoms with Crippen LogP contribution < -0.4 is 10.2 Å². The summed E-state index contributed by atoms with van der Waals surface area (Å²) in [7, 11) is 0. The van der Waals surface area contributed by atoms with Crippen LogP contribution in [-0.4, -0.2) is 38.3 Å². The van der Waals surface area contributed by atoms with Crippen molar-refractivity contribution in [3.8, 4) is 11.4 Å². The van der Waals surface area contributed by atoms with Crippen LogP contribution in [0.15, 0.2) is 55.1 Å². The lowest BCUT2D eigenvalue weighted by Gasteiger charge is -2.27. The van der Waals surface area contributed by atoms with Crippen LogP contribution in [0.5, 0.6) is 0 Å². The summed E-state index contributed by atoms with van der Waals surface area (Å²) in [5.74, 6) is 0.351. The van der Waals surface area contributed by atoms with Gasteiger partial charge >= 0.3 is 12.2 Å². The third kappa shape index (κ3) is 7.65. The molecule has 0 aliphatic carbocycles. The van der Waals surface area contributed by atoms with Crippen molar-refractivity contribution in [2.45, 2.75) is 52.7 Å². The summed E-state index contributed by atoms with van der Waals surface area (Å²) in [6.45, 7) is 10.7. The fourth-order valence-electron chi connectivity index (χ4n) is 2.92. The highest BCUT2D eigenvalue weighted by molar-refractivity contribution is 6.31.